The molecule has 3 aliphatic heterocycles. The van der Waals surface area contributed by atoms with Crippen molar-refractivity contribution in [3.63, 3.8) is 0 Å². The van der Waals surface area contributed by atoms with Crippen molar-refractivity contribution in [3.05, 3.63) is 191 Å². The van der Waals surface area contributed by atoms with Crippen LogP contribution in [0.4, 0.5) is 45.5 Å². The molecule has 0 fully saturated rings. The number of hydrogen-bond acceptors (Lipinski definition) is 4. The van der Waals surface area contributed by atoms with E-state index < -0.39 is 0 Å². The molecular weight excluding hydrogens is 902 g/mol. The lowest BCUT2D eigenvalue weighted by Gasteiger charge is -2.51. The molecular formula is C68H68BN3S. The first-order chi connectivity index (χ1) is 34.6. The van der Waals surface area contributed by atoms with Crippen LogP contribution in [0.25, 0.3) is 31.3 Å². The molecule has 0 radical (unpaired) electrons. The molecule has 4 aliphatic rings. The van der Waals surface area contributed by atoms with E-state index >= 15 is 0 Å². The van der Waals surface area contributed by atoms with Crippen LogP contribution in [0.5, 0.6) is 0 Å². The van der Waals surface area contributed by atoms with Gasteiger partial charge in [-0.15, -0.1) is 11.3 Å². The van der Waals surface area contributed by atoms with E-state index in [0.29, 0.717) is 0 Å². The Hall–Kier alpha value is -6.56. The Balaban J connectivity index is 1.17. The Labute approximate surface area is 438 Å². The van der Waals surface area contributed by atoms with Gasteiger partial charge >= 0.3 is 6.85 Å². The molecule has 3 nitrogen and oxygen atoms in total. The minimum atomic E-state index is -0.232. The van der Waals surface area contributed by atoms with E-state index in [-0.39, 0.29) is 33.9 Å². The highest BCUT2D eigenvalue weighted by Gasteiger charge is 2.51. The molecule has 0 spiro atoms. The van der Waals surface area contributed by atoms with Gasteiger partial charge in [0, 0.05) is 71.0 Å². The first-order valence-corrected chi connectivity index (χ1v) is 27.6. The second kappa shape index (κ2) is 15.5. The Morgan fingerprint density at radius 2 is 1.10 bits per heavy atom. The number of rotatable bonds is 4. The molecule has 0 saturated heterocycles. The molecule has 73 heavy (non-hydrogen) atoms. The average molecular weight is 970 g/mol. The van der Waals surface area contributed by atoms with Gasteiger partial charge in [0.1, 0.15) is 0 Å². The van der Waals surface area contributed by atoms with Crippen LogP contribution in [0.15, 0.2) is 152 Å². The average Bonchev–Trinajstić information content (AvgIpc) is 3.72. The van der Waals surface area contributed by atoms with Crippen molar-refractivity contribution in [3.8, 4) is 11.1 Å². The van der Waals surface area contributed by atoms with E-state index in [1.165, 1.54) is 116 Å². The monoisotopic (exact) mass is 970 g/mol. The van der Waals surface area contributed by atoms with Crippen LogP contribution in [0.2, 0.25) is 0 Å². The fourth-order valence-corrected chi connectivity index (χ4v) is 14.5. The third-order valence-corrected chi connectivity index (χ3v) is 18.8. The molecule has 0 unspecified atom stereocenters. The van der Waals surface area contributed by atoms with Gasteiger partial charge in [-0.25, -0.2) is 0 Å². The van der Waals surface area contributed by atoms with Crippen LogP contribution in [-0.4, -0.2) is 6.85 Å². The highest BCUT2D eigenvalue weighted by atomic mass is 32.1. The summed E-state index contributed by atoms with van der Waals surface area (Å²) in [6, 6.07) is 59.6. The maximum absolute atomic E-state index is 2.80. The third-order valence-electron chi connectivity index (χ3n) is 17.7. The highest BCUT2D eigenvalue weighted by molar-refractivity contribution is 7.25. The maximum atomic E-state index is 2.80. The zero-order valence-electron chi connectivity index (χ0n) is 45.2. The van der Waals surface area contributed by atoms with E-state index in [2.05, 4.69) is 256 Å². The van der Waals surface area contributed by atoms with Gasteiger partial charge in [-0.3, -0.25) is 0 Å². The normalized spacial score (nSPS) is 16.7. The standard InChI is InChI=1S/C68H68BN3S/c1-41-35-53-54(67(10,11)34-33-66(53,8)9)39-57(41)72-58-40-61-49(47-19-14-17-24-60(47)73-61)38-48(58)50-36-46(70(44-29-25-42(26-30-44)64(2,3)4)45-31-27-43(28-32-45)65(5,6)7)37-59-62(50)69(72)55-22-18-21-52-63(55)71(59)56-23-16-15-20-51(56)68(52,12)13/h14-32,35-40H,33-34H2,1-13H3. The van der Waals surface area contributed by atoms with Crippen molar-refractivity contribution < 1.29 is 0 Å². The summed E-state index contributed by atoms with van der Waals surface area (Å²) in [5.41, 5.74) is 24.7. The van der Waals surface area contributed by atoms with Crippen LogP contribution in [-0.2, 0) is 27.1 Å². The van der Waals surface area contributed by atoms with Crippen LogP contribution < -0.4 is 25.5 Å². The molecule has 5 heteroatoms. The molecule has 1 aromatic heterocycles. The largest absolute Gasteiger partial charge is 0.376 e. The summed E-state index contributed by atoms with van der Waals surface area (Å²) in [7, 11) is 0. The number of hydrogen-bond donors (Lipinski definition) is 0. The Morgan fingerprint density at radius 1 is 0.493 bits per heavy atom. The first kappa shape index (κ1) is 46.2. The molecule has 9 aromatic rings. The van der Waals surface area contributed by atoms with Gasteiger partial charge in [0.2, 0.25) is 0 Å². The fourth-order valence-electron chi connectivity index (χ4n) is 13.3. The van der Waals surface area contributed by atoms with E-state index in [9.17, 15) is 0 Å². The molecule has 13 rings (SSSR count). The van der Waals surface area contributed by atoms with Crippen molar-refractivity contribution in [1.29, 1.82) is 0 Å². The Bertz CT molecular complexity index is 3710. The Morgan fingerprint density at radius 3 is 1.75 bits per heavy atom. The van der Waals surface area contributed by atoms with Gasteiger partial charge in [0.05, 0.1) is 5.69 Å². The molecule has 364 valence electrons. The van der Waals surface area contributed by atoms with Crippen LogP contribution in [0.3, 0.4) is 0 Å². The molecule has 0 bridgehead atoms. The number of aryl methyl sites for hydroxylation is 1. The minimum Gasteiger partial charge on any atom is -0.376 e. The topological polar surface area (TPSA) is 9.72 Å². The van der Waals surface area contributed by atoms with Crippen LogP contribution in [0, 0.1) is 6.92 Å². The van der Waals surface area contributed by atoms with Gasteiger partial charge in [-0.05, 0) is 164 Å². The molecule has 8 aromatic carbocycles. The fraction of sp³-hybridized carbons (Fsp3) is 0.294. The van der Waals surface area contributed by atoms with Gasteiger partial charge in [0.25, 0.3) is 0 Å². The zero-order chi connectivity index (χ0) is 50.9. The molecule has 1 aliphatic carbocycles. The molecule has 0 atom stereocenters. The summed E-state index contributed by atoms with van der Waals surface area (Å²) < 4.78 is 2.65. The highest BCUT2D eigenvalue weighted by Crippen LogP contribution is 2.58. The summed E-state index contributed by atoms with van der Waals surface area (Å²) in [5.74, 6) is 0. The second-order valence-electron chi connectivity index (χ2n) is 25.8. The molecule has 4 heterocycles. The van der Waals surface area contributed by atoms with Gasteiger partial charge in [-0.2, -0.15) is 0 Å². The second-order valence-corrected chi connectivity index (χ2v) is 26.8. The summed E-state index contributed by atoms with van der Waals surface area (Å²) in [6.07, 6.45) is 2.35. The van der Waals surface area contributed by atoms with E-state index in [0.717, 1.165) is 23.5 Å². The van der Waals surface area contributed by atoms with Crippen LogP contribution >= 0.6 is 11.3 Å². The van der Waals surface area contributed by atoms with Crippen LogP contribution in [0.1, 0.15) is 135 Å². The van der Waals surface area contributed by atoms with Gasteiger partial charge in [-0.1, -0.05) is 168 Å². The molecule has 0 amide bonds. The summed E-state index contributed by atoms with van der Waals surface area (Å²) in [6.45, 7) is 30.9. The number of anilines is 8. The first-order valence-electron chi connectivity index (χ1n) is 26.7. The number of thiophene rings is 1. The lowest BCUT2D eigenvalue weighted by molar-refractivity contribution is 0.332. The molecule has 0 N–H and O–H groups in total. The zero-order valence-corrected chi connectivity index (χ0v) is 46.0. The summed E-state index contributed by atoms with van der Waals surface area (Å²) in [5, 5.41) is 2.64. The van der Waals surface area contributed by atoms with Gasteiger partial charge < -0.3 is 14.6 Å². The lowest BCUT2D eigenvalue weighted by atomic mass is 9.42. The number of para-hydroxylation sites is 2. The summed E-state index contributed by atoms with van der Waals surface area (Å²) >= 11 is 1.92. The van der Waals surface area contributed by atoms with Crippen molar-refractivity contribution in [2.24, 2.45) is 0 Å². The van der Waals surface area contributed by atoms with E-state index in [1.807, 2.05) is 11.3 Å². The van der Waals surface area contributed by atoms with Crippen molar-refractivity contribution in [1.82, 2.24) is 0 Å². The quantitative estimate of drug-likeness (QED) is 0.163. The van der Waals surface area contributed by atoms with E-state index in [1.54, 1.807) is 0 Å². The summed E-state index contributed by atoms with van der Waals surface area (Å²) in [4.78, 5) is 7.99. The lowest BCUT2D eigenvalue weighted by Crippen LogP contribution is -2.62. The smallest absolute Gasteiger partial charge is 0.333 e. The predicted molar refractivity (Wildman–Crippen MR) is 317 cm³/mol. The predicted octanol–water partition coefficient (Wildman–Crippen LogP) is 18.1. The van der Waals surface area contributed by atoms with E-state index in [4.69, 9.17) is 0 Å². The number of nitrogens with zero attached hydrogens (tertiary/aromatic N) is 3. The van der Waals surface area contributed by atoms with Gasteiger partial charge in [0.15, 0.2) is 0 Å². The van der Waals surface area contributed by atoms with Crippen molar-refractivity contribution in [2.45, 2.75) is 130 Å². The third kappa shape index (κ3) is 6.83. The van der Waals surface area contributed by atoms with Crippen molar-refractivity contribution in [2.75, 3.05) is 14.6 Å². The molecule has 0 saturated carbocycles. The SMILES string of the molecule is Cc1cc2c(cc1N1B3c4cccc5c4N(c4ccccc4C5(C)C)c4cc(N(c5ccc(C(C)(C)C)cc5)c5ccc(C(C)(C)C)cc5)cc(c43)-c3cc4c(cc31)sc1ccccc14)C(C)(C)CCC2(C)C. The number of fused-ring (bicyclic) bond motifs is 10. The van der Waals surface area contributed by atoms with Crippen molar-refractivity contribution >= 4 is 94.8 Å². The minimum absolute atomic E-state index is 0.0262. The Kier molecular flexibility index (Phi) is 9.82. The maximum Gasteiger partial charge on any atom is 0.333 e. The number of benzene rings is 8.